The minimum atomic E-state index is -3.56. The van der Waals surface area contributed by atoms with E-state index >= 15 is 0 Å². The molecular formula is C17H28N3O4S+. The number of nitrogens with one attached hydrogen (secondary N) is 2. The summed E-state index contributed by atoms with van der Waals surface area (Å²) in [6, 6.07) is 6.12. The largest absolute Gasteiger partial charge is 0.370 e. The molecule has 1 aromatic rings. The summed E-state index contributed by atoms with van der Waals surface area (Å²) in [7, 11) is -0.622. The van der Waals surface area contributed by atoms with Gasteiger partial charge in [0.1, 0.15) is 18.6 Å². The van der Waals surface area contributed by atoms with E-state index in [4.69, 9.17) is 4.74 Å². The lowest BCUT2D eigenvalue weighted by Gasteiger charge is -2.37. The lowest BCUT2D eigenvalue weighted by molar-refractivity contribution is -0.954. The van der Waals surface area contributed by atoms with Crippen LogP contribution in [0.4, 0.5) is 0 Å². The van der Waals surface area contributed by atoms with Crippen molar-refractivity contribution in [2.45, 2.75) is 24.3 Å². The van der Waals surface area contributed by atoms with Gasteiger partial charge in [-0.05, 0) is 32.0 Å². The van der Waals surface area contributed by atoms with Crippen molar-refractivity contribution in [2.75, 3.05) is 46.9 Å². The van der Waals surface area contributed by atoms with Crippen LogP contribution in [0.25, 0.3) is 0 Å². The highest BCUT2D eigenvalue weighted by Crippen LogP contribution is 2.15. The zero-order valence-corrected chi connectivity index (χ0v) is 16.1. The van der Waals surface area contributed by atoms with Crippen LogP contribution in [0.1, 0.15) is 24.2 Å². The number of quaternary nitrogens is 1. The van der Waals surface area contributed by atoms with Crippen molar-refractivity contribution in [3.63, 3.8) is 0 Å². The number of hydrogen-bond donors (Lipinski definition) is 2. The van der Waals surface area contributed by atoms with E-state index in [0.29, 0.717) is 12.1 Å². The summed E-state index contributed by atoms with van der Waals surface area (Å²) in [5.74, 6) is -0.267. The first-order chi connectivity index (χ1) is 11.6. The fourth-order valence-electron chi connectivity index (χ4n) is 2.83. The number of carbonyl (C=O) groups is 1. The fourth-order valence-corrected chi connectivity index (χ4v) is 3.78. The second-order valence-corrected chi connectivity index (χ2v) is 9.25. The Morgan fingerprint density at radius 2 is 1.92 bits per heavy atom. The van der Waals surface area contributed by atoms with Crippen molar-refractivity contribution in [3.8, 4) is 0 Å². The molecule has 25 heavy (non-hydrogen) atoms. The Morgan fingerprint density at radius 1 is 1.28 bits per heavy atom. The van der Waals surface area contributed by atoms with Gasteiger partial charge in [-0.15, -0.1) is 0 Å². The summed E-state index contributed by atoms with van der Waals surface area (Å²) in [6.45, 7) is 8.03. The minimum Gasteiger partial charge on any atom is -0.370 e. The standard InChI is InChI=1S/C17H27N3O4S/c1-17(2,20-8-10-24-11-9-20)13-18-16(21)14-6-5-7-15(12-14)25(22,23)19(3)4/h5-7,12H,8-11,13H2,1-4H3,(H,18,21)/p+1. The number of nitrogens with zero attached hydrogens (tertiary/aromatic N) is 1. The quantitative estimate of drug-likeness (QED) is 0.698. The van der Waals surface area contributed by atoms with Gasteiger partial charge in [-0.2, -0.15) is 0 Å². The van der Waals surface area contributed by atoms with Crippen LogP contribution in [-0.2, 0) is 14.8 Å². The molecule has 7 nitrogen and oxygen atoms in total. The third kappa shape index (κ3) is 4.78. The number of rotatable bonds is 6. The van der Waals surface area contributed by atoms with Crippen molar-refractivity contribution in [3.05, 3.63) is 29.8 Å². The Labute approximate surface area is 150 Å². The van der Waals surface area contributed by atoms with Gasteiger partial charge in [0.25, 0.3) is 5.91 Å². The van der Waals surface area contributed by atoms with E-state index in [1.807, 2.05) is 0 Å². The lowest BCUT2D eigenvalue weighted by Crippen LogP contribution is -3.22. The fraction of sp³-hybridized carbons (Fsp3) is 0.588. The maximum absolute atomic E-state index is 12.5. The van der Waals surface area contributed by atoms with E-state index in [1.54, 1.807) is 12.1 Å². The molecule has 2 rings (SSSR count). The van der Waals surface area contributed by atoms with E-state index < -0.39 is 10.0 Å². The molecule has 1 aliphatic rings. The van der Waals surface area contributed by atoms with Gasteiger partial charge >= 0.3 is 0 Å². The molecule has 0 aromatic heterocycles. The summed E-state index contributed by atoms with van der Waals surface area (Å²) in [6.07, 6.45) is 0. The Hall–Kier alpha value is -1.48. The molecule has 1 aromatic carbocycles. The number of hydrogen-bond acceptors (Lipinski definition) is 4. The summed E-state index contributed by atoms with van der Waals surface area (Å²) in [5, 5.41) is 2.94. The van der Waals surface area contributed by atoms with Crippen molar-refractivity contribution >= 4 is 15.9 Å². The molecule has 1 saturated heterocycles. The summed E-state index contributed by atoms with van der Waals surface area (Å²) >= 11 is 0. The molecule has 1 amide bonds. The molecule has 1 fully saturated rings. The Kier molecular flexibility index (Phi) is 6.21. The monoisotopic (exact) mass is 370 g/mol. The molecule has 140 valence electrons. The highest BCUT2D eigenvalue weighted by molar-refractivity contribution is 7.89. The normalized spacial score (nSPS) is 16.8. The predicted octanol–water partition coefficient (Wildman–Crippen LogP) is -0.640. The van der Waals surface area contributed by atoms with E-state index in [1.165, 1.54) is 31.1 Å². The van der Waals surface area contributed by atoms with Crippen molar-refractivity contribution in [1.82, 2.24) is 9.62 Å². The SMILES string of the molecule is CN(C)S(=O)(=O)c1cccc(C(=O)NCC(C)(C)[NH+]2CCOCC2)c1. The first-order valence-corrected chi connectivity index (χ1v) is 9.82. The zero-order chi connectivity index (χ0) is 18.7. The Morgan fingerprint density at radius 3 is 2.52 bits per heavy atom. The van der Waals surface area contributed by atoms with E-state index in [9.17, 15) is 13.2 Å². The molecule has 0 atom stereocenters. The summed E-state index contributed by atoms with van der Waals surface area (Å²) in [5.41, 5.74) is 0.225. The highest BCUT2D eigenvalue weighted by Gasteiger charge is 2.32. The van der Waals surface area contributed by atoms with Crippen LogP contribution < -0.4 is 10.2 Å². The summed E-state index contributed by atoms with van der Waals surface area (Å²) < 4.78 is 30.9. The third-order valence-corrected chi connectivity index (χ3v) is 6.43. The highest BCUT2D eigenvalue weighted by atomic mass is 32.2. The van der Waals surface area contributed by atoms with Crippen LogP contribution in [0.15, 0.2) is 29.2 Å². The maximum atomic E-state index is 12.5. The van der Waals surface area contributed by atoms with Gasteiger partial charge in [-0.3, -0.25) is 4.79 Å². The summed E-state index contributed by atoms with van der Waals surface area (Å²) in [4.78, 5) is 14.0. The van der Waals surface area contributed by atoms with Gasteiger partial charge < -0.3 is 15.0 Å². The second kappa shape index (κ2) is 7.82. The third-order valence-electron chi connectivity index (χ3n) is 4.62. The molecule has 0 unspecified atom stereocenters. The Balaban J connectivity index is 2.06. The van der Waals surface area contributed by atoms with Gasteiger partial charge in [0.15, 0.2) is 0 Å². The Bertz CT molecular complexity index is 710. The second-order valence-electron chi connectivity index (χ2n) is 7.10. The van der Waals surface area contributed by atoms with Gasteiger partial charge in [-0.1, -0.05) is 6.07 Å². The average Bonchev–Trinajstić information content (AvgIpc) is 2.60. The smallest absolute Gasteiger partial charge is 0.251 e. The molecule has 0 saturated carbocycles. The molecule has 0 aliphatic carbocycles. The molecule has 8 heteroatoms. The molecular weight excluding hydrogens is 342 g/mol. The van der Waals surface area contributed by atoms with Crippen molar-refractivity contribution < 1.29 is 22.8 Å². The van der Waals surface area contributed by atoms with Crippen LogP contribution in [0.3, 0.4) is 0 Å². The van der Waals surface area contributed by atoms with Gasteiger partial charge in [0.2, 0.25) is 10.0 Å². The molecule has 0 spiro atoms. The van der Waals surface area contributed by atoms with Crippen LogP contribution in [0, 0.1) is 0 Å². The number of morpholine rings is 1. The van der Waals surface area contributed by atoms with E-state index in [-0.39, 0.29) is 16.3 Å². The van der Waals surface area contributed by atoms with Gasteiger partial charge in [0.05, 0.1) is 24.7 Å². The van der Waals surface area contributed by atoms with Gasteiger partial charge in [0, 0.05) is 19.7 Å². The van der Waals surface area contributed by atoms with Crippen LogP contribution in [0.5, 0.6) is 0 Å². The van der Waals surface area contributed by atoms with E-state index in [0.717, 1.165) is 30.6 Å². The molecule has 2 N–H and O–H groups in total. The van der Waals surface area contributed by atoms with Crippen molar-refractivity contribution in [2.24, 2.45) is 0 Å². The van der Waals surface area contributed by atoms with Crippen LogP contribution in [-0.4, -0.2) is 71.1 Å². The first kappa shape index (κ1) is 19.8. The van der Waals surface area contributed by atoms with Crippen LogP contribution >= 0.6 is 0 Å². The average molecular weight is 370 g/mol. The topological polar surface area (TPSA) is 80.2 Å². The van der Waals surface area contributed by atoms with E-state index in [2.05, 4.69) is 19.2 Å². The van der Waals surface area contributed by atoms with Gasteiger partial charge in [-0.25, -0.2) is 12.7 Å². The molecule has 0 radical (unpaired) electrons. The maximum Gasteiger partial charge on any atom is 0.251 e. The number of benzene rings is 1. The lowest BCUT2D eigenvalue weighted by atomic mass is 10.0. The van der Waals surface area contributed by atoms with Crippen LogP contribution in [0.2, 0.25) is 0 Å². The number of sulfonamides is 1. The predicted molar refractivity (Wildman–Crippen MR) is 95.2 cm³/mol. The number of amides is 1. The zero-order valence-electron chi connectivity index (χ0n) is 15.3. The molecule has 1 heterocycles. The number of ether oxygens (including phenoxy) is 1. The number of carbonyl (C=O) groups excluding carboxylic acids is 1. The van der Waals surface area contributed by atoms with Crippen molar-refractivity contribution in [1.29, 1.82) is 0 Å². The molecule has 0 bridgehead atoms. The molecule has 1 aliphatic heterocycles. The minimum absolute atomic E-state index is 0.114. The first-order valence-electron chi connectivity index (χ1n) is 8.38.